The van der Waals surface area contributed by atoms with Crippen LogP contribution < -0.4 is 4.90 Å². The van der Waals surface area contributed by atoms with E-state index in [1.54, 1.807) is 18.2 Å². The average molecular weight is 342 g/mol. The summed E-state index contributed by atoms with van der Waals surface area (Å²) in [6.45, 7) is 2.95. The van der Waals surface area contributed by atoms with Crippen LogP contribution in [0.2, 0.25) is 5.02 Å². The lowest BCUT2D eigenvalue weighted by atomic mass is 10.1. The van der Waals surface area contributed by atoms with Gasteiger partial charge in [-0.15, -0.1) is 0 Å². The second-order valence-corrected chi connectivity index (χ2v) is 6.23. The number of oxazole rings is 1. The van der Waals surface area contributed by atoms with Gasteiger partial charge in [0, 0.05) is 42.5 Å². The van der Waals surface area contributed by atoms with Crippen molar-refractivity contribution < 1.29 is 9.21 Å². The van der Waals surface area contributed by atoms with Gasteiger partial charge >= 0.3 is 0 Å². The van der Waals surface area contributed by atoms with Gasteiger partial charge in [0.1, 0.15) is 5.52 Å². The van der Waals surface area contributed by atoms with Crippen molar-refractivity contribution in [3.63, 3.8) is 0 Å². The Morgan fingerprint density at radius 1 is 1.08 bits per heavy atom. The normalized spacial score (nSPS) is 15.0. The zero-order valence-corrected chi connectivity index (χ0v) is 13.7. The molecule has 1 aliphatic heterocycles. The van der Waals surface area contributed by atoms with Gasteiger partial charge in [0.05, 0.1) is 0 Å². The third-order valence-electron chi connectivity index (χ3n) is 4.32. The minimum absolute atomic E-state index is 0.0330. The number of halogens is 1. The molecule has 1 aliphatic rings. The number of hydrogen-bond acceptors (Lipinski definition) is 4. The van der Waals surface area contributed by atoms with E-state index >= 15 is 0 Å². The molecular formula is C18H16ClN3O2. The lowest BCUT2D eigenvalue weighted by Gasteiger charge is -2.36. The lowest BCUT2D eigenvalue weighted by molar-refractivity contribution is 0.0747. The van der Waals surface area contributed by atoms with E-state index in [2.05, 4.69) is 9.88 Å². The van der Waals surface area contributed by atoms with E-state index in [0.717, 1.165) is 23.8 Å². The molecule has 1 saturated heterocycles. The van der Waals surface area contributed by atoms with Crippen molar-refractivity contribution >= 4 is 34.3 Å². The molecule has 3 aromatic rings. The van der Waals surface area contributed by atoms with Crippen LogP contribution in [-0.2, 0) is 0 Å². The monoisotopic (exact) mass is 341 g/mol. The van der Waals surface area contributed by atoms with Crippen LogP contribution in [0, 0.1) is 0 Å². The largest absolute Gasteiger partial charge is 0.443 e. The Morgan fingerprint density at radius 3 is 2.71 bits per heavy atom. The highest BCUT2D eigenvalue weighted by Gasteiger charge is 2.22. The van der Waals surface area contributed by atoms with E-state index in [0.29, 0.717) is 29.8 Å². The van der Waals surface area contributed by atoms with Gasteiger partial charge in [-0.2, -0.15) is 0 Å². The van der Waals surface area contributed by atoms with Crippen LogP contribution >= 0.6 is 11.6 Å². The minimum atomic E-state index is 0.0330. The number of anilines is 1. The Hall–Kier alpha value is -2.53. The van der Waals surface area contributed by atoms with E-state index < -0.39 is 0 Å². The summed E-state index contributed by atoms with van der Waals surface area (Å²) in [6, 6.07) is 13.2. The fourth-order valence-electron chi connectivity index (χ4n) is 3.01. The maximum Gasteiger partial charge on any atom is 0.254 e. The highest BCUT2D eigenvalue weighted by atomic mass is 35.5. The number of hydrogen-bond donors (Lipinski definition) is 0. The molecule has 0 radical (unpaired) electrons. The smallest absolute Gasteiger partial charge is 0.254 e. The average Bonchev–Trinajstić information content (AvgIpc) is 3.09. The Bertz CT molecular complexity index is 885. The fourth-order valence-corrected chi connectivity index (χ4v) is 3.20. The highest BCUT2D eigenvalue weighted by molar-refractivity contribution is 6.30. The first kappa shape index (κ1) is 15.0. The number of fused-ring (bicyclic) bond motifs is 1. The summed E-state index contributed by atoms with van der Waals surface area (Å²) >= 11 is 6.06. The first-order chi connectivity index (χ1) is 11.7. The van der Waals surface area contributed by atoms with Crippen molar-refractivity contribution in [2.45, 2.75) is 0 Å². The van der Waals surface area contributed by atoms with Crippen LogP contribution in [0.4, 0.5) is 5.69 Å². The molecule has 1 amide bonds. The summed E-state index contributed by atoms with van der Waals surface area (Å²) in [5.41, 5.74) is 3.14. The fraction of sp³-hybridized carbons (Fsp3) is 0.222. The van der Waals surface area contributed by atoms with E-state index in [-0.39, 0.29) is 5.91 Å². The van der Waals surface area contributed by atoms with Crippen LogP contribution in [0.1, 0.15) is 10.4 Å². The van der Waals surface area contributed by atoms with Crippen molar-refractivity contribution in [3.05, 3.63) is 59.4 Å². The molecule has 0 aliphatic carbocycles. The van der Waals surface area contributed by atoms with Crippen molar-refractivity contribution in [2.75, 3.05) is 31.1 Å². The molecule has 1 fully saturated rings. The molecule has 2 aromatic carbocycles. The van der Waals surface area contributed by atoms with Crippen LogP contribution in [0.15, 0.2) is 53.3 Å². The van der Waals surface area contributed by atoms with Crippen LogP contribution in [-0.4, -0.2) is 42.0 Å². The number of benzene rings is 2. The molecule has 0 bridgehead atoms. The molecular weight excluding hydrogens is 326 g/mol. The van der Waals surface area contributed by atoms with Crippen LogP contribution in [0.3, 0.4) is 0 Å². The van der Waals surface area contributed by atoms with E-state index in [9.17, 15) is 4.79 Å². The molecule has 6 heteroatoms. The van der Waals surface area contributed by atoms with Gasteiger partial charge in [0.2, 0.25) is 0 Å². The molecule has 4 rings (SSSR count). The number of nitrogens with zero attached hydrogens (tertiary/aromatic N) is 3. The van der Waals surface area contributed by atoms with Gasteiger partial charge in [-0.25, -0.2) is 4.98 Å². The van der Waals surface area contributed by atoms with Gasteiger partial charge in [-0.05, 0) is 36.4 Å². The Kier molecular flexibility index (Phi) is 3.86. The Morgan fingerprint density at radius 2 is 1.92 bits per heavy atom. The summed E-state index contributed by atoms with van der Waals surface area (Å²) in [7, 11) is 0. The predicted octanol–water partition coefficient (Wildman–Crippen LogP) is 3.44. The summed E-state index contributed by atoms with van der Waals surface area (Å²) in [5.74, 6) is 0.0330. The summed E-state index contributed by atoms with van der Waals surface area (Å²) in [4.78, 5) is 20.9. The number of carbonyl (C=O) groups excluding carboxylic acids is 1. The van der Waals surface area contributed by atoms with Crippen molar-refractivity contribution in [1.82, 2.24) is 9.88 Å². The van der Waals surface area contributed by atoms with E-state index in [1.807, 2.05) is 29.2 Å². The quantitative estimate of drug-likeness (QED) is 0.716. The van der Waals surface area contributed by atoms with Gasteiger partial charge in [0.25, 0.3) is 5.91 Å². The van der Waals surface area contributed by atoms with Gasteiger partial charge in [0.15, 0.2) is 12.0 Å². The molecule has 2 heterocycles. The maximum absolute atomic E-state index is 12.7. The zero-order valence-electron chi connectivity index (χ0n) is 13.0. The van der Waals surface area contributed by atoms with Crippen molar-refractivity contribution in [2.24, 2.45) is 0 Å². The summed E-state index contributed by atoms with van der Waals surface area (Å²) < 4.78 is 5.22. The van der Waals surface area contributed by atoms with Crippen LogP contribution in [0.5, 0.6) is 0 Å². The number of aromatic nitrogens is 1. The van der Waals surface area contributed by atoms with E-state index in [4.69, 9.17) is 16.0 Å². The second kappa shape index (κ2) is 6.17. The lowest BCUT2D eigenvalue weighted by Crippen LogP contribution is -2.48. The first-order valence-electron chi connectivity index (χ1n) is 7.84. The summed E-state index contributed by atoms with van der Waals surface area (Å²) in [5, 5.41) is 0.729. The topological polar surface area (TPSA) is 49.6 Å². The zero-order chi connectivity index (χ0) is 16.5. The number of piperazine rings is 1. The Labute approximate surface area is 144 Å². The molecule has 0 N–H and O–H groups in total. The molecule has 0 spiro atoms. The maximum atomic E-state index is 12.7. The molecule has 5 nitrogen and oxygen atoms in total. The highest BCUT2D eigenvalue weighted by Crippen LogP contribution is 2.22. The third kappa shape index (κ3) is 2.83. The number of amides is 1. The van der Waals surface area contributed by atoms with Crippen LogP contribution in [0.25, 0.3) is 11.1 Å². The van der Waals surface area contributed by atoms with Crippen molar-refractivity contribution in [3.8, 4) is 0 Å². The standard InChI is InChI=1S/C18H16ClN3O2/c19-14-2-1-3-15(11-14)21-6-8-22(9-7-21)18(23)13-4-5-17-16(10-13)20-12-24-17/h1-5,10-12H,6-9H2. The van der Waals surface area contributed by atoms with Gasteiger partial charge in [-0.1, -0.05) is 17.7 Å². The molecule has 0 saturated carbocycles. The van der Waals surface area contributed by atoms with Crippen molar-refractivity contribution in [1.29, 1.82) is 0 Å². The predicted molar refractivity (Wildman–Crippen MR) is 93.6 cm³/mol. The minimum Gasteiger partial charge on any atom is -0.443 e. The number of rotatable bonds is 2. The molecule has 24 heavy (non-hydrogen) atoms. The van der Waals surface area contributed by atoms with E-state index in [1.165, 1.54) is 6.39 Å². The Balaban J connectivity index is 1.46. The molecule has 122 valence electrons. The molecule has 0 atom stereocenters. The number of carbonyl (C=O) groups is 1. The second-order valence-electron chi connectivity index (χ2n) is 5.79. The molecule has 0 unspecified atom stereocenters. The first-order valence-corrected chi connectivity index (χ1v) is 8.21. The SMILES string of the molecule is O=C(c1ccc2ocnc2c1)N1CCN(c2cccc(Cl)c2)CC1. The van der Waals surface area contributed by atoms with Gasteiger partial charge in [-0.3, -0.25) is 4.79 Å². The third-order valence-corrected chi connectivity index (χ3v) is 4.55. The molecule has 1 aromatic heterocycles. The summed E-state index contributed by atoms with van der Waals surface area (Å²) in [6.07, 6.45) is 1.39. The van der Waals surface area contributed by atoms with Gasteiger partial charge < -0.3 is 14.2 Å².